The molecule has 0 radical (unpaired) electrons. The summed E-state index contributed by atoms with van der Waals surface area (Å²) in [6.45, 7) is -0.0897. The summed E-state index contributed by atoms with van der Waals surface area (Å²) in [5.41, 5.74) is 6.00. The number of rotatable bonds is 5. The highest BCUT2D eigenvalue weighted by Crippen LogP contribution is 2.01. The van der Waals surface area contributed by atoms with Gasteiger partial charge in [-0.3, -0.25) is 9.59 Å². The van der Waals surface area contributed by atoms with Crippen molar-refractivity contribution < 1.29 is 9.59 Å². The van der Waals surface area contributed by atoms with E-state index in [4.69, 9.17) is 5.73 Å². The van der Waals surface area contributed by atoms with E-state index >= 15 is 0 Å². The van der Waals surface area contributed by atoms with Crippen molar-refractivity contribution in [3.63, 3.8) is 0 Å². The van der Waals surface area contributed by atoms with E-state index in [0.717, 1.165) is 5.56 Å². The monoisotopic (exact) mass is 232 g/mol. The molecule has 17 heavy (non-hydrogen) atoms. The summed E-state index contributed by atoms with van der Waals surface area (Å²) in [5.74, 6) is -0.680. The minimum atomic E-state index is -0.525. The predicted molar refractivity (Wildman–Crippen MR) is 66.9 cm³/mol. The lowest BCUT2D eigenvalue weighted by Crippen LogP contribution is -2.33. The van der Waals surface area contributed by atoms with Crippen molar-refractivity contribution in [2.45, 2.75) is 12.8 Å². The molecule has 0 heterocycles. The number of nitrogens with two attached hydrogens (primary N) is 1. The molecule has 0 spiro atoms. The van der Waals surface area contributed by atoms with Crippen LogP contribution in [-0.4, -0.2) is 18.4 Å². The molecular formula is C13H16N2O2. The molecule has 0 saturated carbocycles. The largest absolute Gasteiger partial charge is 0.368 e. The van der Waals surface area contributed by atoms with Gasteiger partial charge < -0.3 is 11.1 Å². The third-order valence-electron chi connectivity index (χ3n) is 1.94. The molecule has 1 rings (SSSR count). The highest BCUT2D eigenvalue weighted by molar-refractivity contribution is 5.83. The molecule has 0 aliphatic carbocycles. The van der Waals surface area contributed by atoms with Gasteiger partial charge in [0.05, 0.1) is 6.54 Å². The SMILES string of the molecule is C#C.NC(=O)CNC(=O)CCc1ccccc1. The van der Waals surface area contributed by atoms with Crippen molar-refractivity contribution in [2.24, 2.45) is 5.73 Å². The first-order valence-corrected chi connectivity index (χ1v) is 5.11. The van der Waals surface area contributed by atoms with Crippen LogP contribution < -0.4 is 11.1 Å². The van der Waals surface area contributed by atoms with Crippen LogP contribution in [0.4, 0.5) is 0 Å². The second-order valence-corrected chi connectivity index (χ2v) is 3.23. The molecule has 1 aromatic carbocycles. The van der Waals surface area contributed by atoms with Crippen molar-refractivity contribution in [3.8, 4) is 12.8 Å². The second-order valence-electron chi connectivity index (χ2n) is 3.23. The smallest absolute Gasteiger partial charge is 0.236 e. The maximum Gasteiger partial charge on any atom is 0.236 e. The van der Waals surface area contributed by atoms with Crippen LogP contribution in [0.2, 0.25) is 0 Å². The number of primary amides is 1. The third-order valence-corrected chi connectivity index (χ3v) is 1.94. The van der Waals surface area contributed by atoms with Crippen LogP contribution in [-0.2, 0) is 16.0 Å². The molecule has 90 valence electrons. The van der Waals surface area contributed by atoms with Gasteiger partial charge in [-0.1, -0.05) is 30.3 Å². The van der Waals surface area contributed by atoms with E-state index in [2.05, 4.69) is 18.2 Å². The summed E-state index contributed by atoms with van der Waals surface area (Å²) in [6, 6.07) is 9.70. The Balaban J connectivity index is 0.00000121. The molecule has 4 heteroatoms. The zero-order valence-electron chi connectivity index (χ0n) is 9.56. The first-order valence-electron chi connectivity index (χ1n) is 5.11. The fourth-order valence-corrected chi connectivity index (χ4v) is 1.18. The molecule has 0 aromatic heterocycles. The Morgan fingerprint density at radius 2 is 1.76 bits per heavy atom. The Labute approximate surface area is 101 Å². The van der Waals surface area contributed by atoms with Crippen LogP contribution in [0.5, 0.6) is 0 Å². The van der Waals surface area contributed by atoms with E-state index in [1.165, 1.54) is 0 Å². The van der Waals surface area contributed by atoms with Gasteiger partial charge in [-0.05, 0) is 12.0 Å². The molecule has 3 N–H and O–H groups in total. The lowest BCUT2D eigenvalue weighted by molar-refractivity contribution is -0.124. The molecule has 0 unspecified atom stereocenters. The van der Waals surface area contributed by atoms with Crippen LogP contribution in [0.25, 0.3) is 0 Å². The third kappa shape index (κ3) is 7.63. The first kappa shape index (κ1) is 14.7. The van der Waals surface area contributed by atoms with Gasteiger partial charge >= 0.3 is 0 Å². The average molecular weight is 232 g/mol. The number of hydrogen-bond acceptors (Lipinski definition) is 2. The van der Waals surface area contributed by atoms with Gasteiger partial charge in [-0.25, -0.2) is 0 Å². The number of amides is 2. The van der Waals surface area contributed by atoms with Gasteiger partial charge in [-0.2, -0.15) is 0 Å². The van der Waals surface area contributed by atoms with E-state index in [1.807, 2.05) is 30.3 Å². The van der Waals surface area contributed by atoms with Crippen molar-refractivity contribution in [1.29, 1.82) is 0 Å². The van der Waals surface area contributed by atoms with Crippen LogP contribution in [0.1, 0.15) is 12.0 Å². The Hall–Kier alpha value is -2.28. The second kappa shape index (κ2) is 8.98. The topological polar surface area (TPSA) is 72.2 Å². The number of nitrogens with one attached hydrogen (secondary N) is 1. The molecule has 0 fully saturated rings. The van der Waals surface area contributed by atoms with E-state index in [-0.39, 0.29) is 12.5 Å². The zero-order valence-corrected chi connectivity index (χ0v) is 9.56. The first-order chi connectivity index (χ1) is 8.18. The molecule has 0 atom stereocenters. The number of hydrogen-bond donors (Lipinski definition) is 2. The fraction of sp³-hybridized carbons (Fsp3) is 0.231. The predicted octanol–water partition coefficient (Wildman–Crippen LogP) is 0.470. The molecular weight excluding hydrogens is 216 g/mol. The van der Waals surface area contributed by atoms with Gasteiger partial charge in [0.15, 0.2) is 0 Å². The molecule has 0 saturated heterocycles. The minimum Gasteiger partial charge on any atom is -0.368 e. The van der Waals surface area contributed by atoms with E-state index < -0.39 is 5.91 Å². The summed E-state index contributed by atoms with van der Waals surface area (Å²) in [7, 11) is 0. The summed E-state index contributed by atoms with van der Waals surface area (Å²) in [4.78, 5) is 21.6. The fourth-order valence-electron chi connectivity index (χ4n) is 1.18. The van der Waals surface area contributed by atoms with Crippen molar-refractivity contribution in [3.05, 3.63) is 35.9 Å². The Morgan fingerprint density at radius 1 is 1.18 bits per heavy atom. The number of carbonyl (C=O) groups excluding carboxylic acids is 2. The van der Waals surface area contributed by atoms with E-state index in [1.54, 1.807) is 0 Å². The van der Waals surface area contributed by atoms with Crippen molar-refractivity contribution in [1.82, 2.24) is 5.32 Å². The van der Waals surface area contributed by atoms with E-state index in [9.17, 15) is 9.59 Å². The lowest BCUT2D eigenvalue weighted by Gasteiger charge is -2.02. The lowest BCUT2D eigenvalue weighted by atomic mass is 10.1. The van der Waals surface area contributed by atoms with Gasteiger partial charge in [0.1, 0.15) is 0 Å². The Kier molecular flexibility index (Phi) is 7.78. The van der Waals surface area contributed by atoms with Gasteiger partial charge in [0.2, 0.25) is 11.8 Å². The van der Waals surface area contributed by atoms with Crippen LogP contribution >= 0.6 is 0 Å². The highest BCUT2D eigenvalue weighted by Gasteiger charge is 2.02. The van der Waals surface area contributed by atoms with Gasteiger partial charge in [0.25, 0.3) is 0 Å². The normalized spacial score (nSPS) is 8.59. The quantitative estimate of drug-likeness (QED) is 0.724. The van der Waals surface area contributed by atoms with E-state index in [0.29, 0.717) is 12.8 Å². The standard InChI is InChI=1S/C11H14N2O2.C2H2/c12-10(14)8-13-11(15)7-6-9-4-2-1-3-5-9;1-2/h1-5H,6-8H2,(H2,12,14)(H,13,15);1-2H. The summed E-state index contributed by atoms with van der Waals surface area (Å²) in [6.07, 6.45) is 9.04. The van der Waals surface area contributed by atoms with Crippen LogP contribution in [0.15, 0.2) is 30.3 Å². The maximum absolute atomic E-state index is 11.2. The summed E-state index contributed by atoms with van der Waals surface area (Å²) >= 11 is 0. The minimum absolute atomic E-state index is 0.0897. The average Bonchev–Trinajstić information content (AvgIpc) is 2.37. The van der Waals surface area contributed by atoms with Crippen LogP contribution in [0.3, 0.4) is 0 Å². The Bertz CT molecular complexity index is 372. The molecule has 0 aliphatic rings. The maximum atomic E-state index is 11.2. The number of carbonyl (C=O) groups is 2. The van der Waals surface area contributed by atoms with Crippen LogP contribution in [0, 0.1) is 12.8 Å². The summed E-state index contributed by atoms with van der Waals surface area (Å²) in [5, 5.41) is 2.44. The van der Waals surface area contributed by atoms with Gasteiger partial charge in [-0.15, -0.1) is 12.8 Å². The van der Waals surface area contributed by atoms with Crippen molar-refractivity contribution >= 4 is 11.8 Å². The molecule has 2 amide bonds. The number of terminal acetylenes is 1. The number of aryl methyl sites for hydroxylation is 1. The molecule has 4 nitrogen and oxygen atoms in total. The molecule has 0 aliphatic heterocycles. The Morgan fingerprint density at radius 3 is 2.29 bits per heavy atom. The number of benzene rings is 1. The van der Waals surface area contributed by atoms with Gasteiger partial charge in [0, 0.05) is 6.42 Å². The highest BCUT2D eigenvalue weighted by atomic mass is 16.2. The molecule has 0 bridgehead atoms. The summed E-state index contributed by atoms with van der Waals surface area (Å²) < 4.78 is 0. The van der Waals surface area contributed by atoms with Crippen molar-refractivity contribution in [2.75, 3.05) is 6.54 Å². The zero-order chi connectivity index (χ0) is 13.1. The molecule has 1 aromatic rings.